The van der Waals surface area contributed by atoms with Crippen LogP contribution in [-0.2, 0) is 4.79 Å². The van der Waals surface area contributed by atoms with Crippen molar-refractivity contribution in [1.29, 1.82) is 0 Å². The van der Waals surface area contributed by atoms with Gasteiger partial charge in [-0.05, 0) is 53.2 Å². The topological polar surface area (TPSA) is 63.4 Å². The van der Waals surface area contributed by atoms with Crippen LogP contribution in [0.15, 0.2) is 22.7 Å². The smallest absolute Gasteiger partial charge is 0.255 e. The third-order valence-corrected chi connectivity index (χ3v) is 4.87. The van der Waals surface area contributed by atoms with Crippen molar-refractivity contribution in [3.63, 3.8) is 0 Å². The summed E-state index contributed by atoms with van der Waals surface area (Å²) in [6.07, 6.45) is 2.12. The number of benzene rings is 1. The van der Waals surface area contributed by atoms with E-state index < -0.39 is 0 Å². The van der Waals surface area contributed by atoms with Gasteiger partial charge in [-0.1, -0.05) is 12.1 Å². The van der Waals surface area contributed by atoms with E-state index >= 15 is 0 Å². The number of hydrogen-bond acceptors (Lipinski definition) is 2. The van der Waals surface area contributed by atoms with Gasteiger partial charge in [0.1, 0.15) is 0 Å². The molecule has 108 valence electrons. The molecule has 1 aromatic rings. The first-order valence-corrected chi connectivity index (χ1v) is 7.61. The number of carbonyl (C=O) groups is 2. The predicted octanol–water partition coefficient (Wildman–Crippen LogP) is 2.49. The van der Waals surface area contributed by atoms with Crippen LogP contribution in [0.1, 0.15) is 35.2 Å². The van der Waals surface area contributed by atoms with Gasteiger partial charge in [0.15, 0.2) is 0 Å². The Morgan fingerprint density at radius 1 is 1.35 bits per heavy atom. The monoisotopic (exact) mass is 338 g/mol. The van der Waals surface area contributed by atoms with Crippen LogP contribution in [0.5, 0.6) is 0 Å². The van der Waals surface area contributed by atoms with Crippen LogP contribution < -0.4 is 5.73 Å². The molecule has 2 amide bonds. The van der Waals surface area contributed by atoms with Crippen molar-refractivity contribution < 1.29 is 9.59 Å². The lowest BCUT2D eigenvalue weighted by atomic mass is 9.93. The number of aryl methyl sites for hydroxylation is 1. The Kier molecular flexibility index (Phi) is 4.81. The van der Waals surface area contributed by atoms with Gasteiger partial charge < -0.3 is 10.6 Å². The van der Waals surface area contributed by atoms with E-state index in [-0.39, 0.29) is 11.8 Å². The van der Waals surface area contributed by atoms with Crippen LogP contribution in [0, 0.1) is 12.8 Å². The van der Waals surface area contributed by atoms with Gasteiger partial charge in [0.2, 0.25) is 5.91 Å². The van der Waals surface area contributed by atoms with Crippen LogP contribution in [0.3, 0.4) is 0 Å². The molecule has 4 nitrogen and oxygen atoms in total. The molecule has 0 spiro atoms. The molecule has 5 heteroatoms. The molecule has 0 saturated carbocycles. The lowest BCUT2D eigenvalue weighted by Crippen LogP contribution is -2.39. The number of carbonyl (C=O) groups excluding carboxylic acids is 2. The first-order valence-electron chi connectivity index (χ1n) is 6.81. The Labute approximate surface area is 127 Å². The SMILES string of the molecule is Cc1cccc(C(=O)N2CCC(CC(N)=O)CC2)c1Br. The lowest BCUT2D eigenvalue weighted by molar-refractivity contribution is -0.119. The van der Waals surface area contributed by atoms with Gasteiger partial charge in [-0.2, -0.15) is 0 Å². The van der Waals surface area contributed by atoms with E-state index in [4.69, 9.17) is 5.73 Å². The fourth-order valence-electron chi connectivity index (χ4n) is 2.61. The number of likely N-dealkylation sites (tertiary alicyclic amines) is 1. The first-order chi connectivity index (χ1) is 9.49. The number of halogens is 1. The Hall–Kier alpha value is -1.36. The minimum Gasteiger partial charge on any atom is -0.370 e. The summed E-state index contributed by atoms with van der Waals surface area (Å²) < 4.78 is 0.865. The summed E-state index contributed by atoms with van der Waals surface area (Å²) in [5.74, 6) is 0.117. The highest BCUT2D eigenvalue weighted by Gasteiger charge is 2.25. The van der Waals surface area contributed by atoms with Crippen molar-refractivity contribution in [2.45, 2.75) is 26.2 Å². The molecule has 20 heavy (non-hydrogen) atoms. The Bertz CT molecular complexity index is 523. The molecule has 0 bridgehead atoms. The molecular formula is C15H19BrN2O2. The molecule has 1 aliphatic rings. The molecule has 0 atom stereocenters. The normalized spacial score (nSPS) is 16.2. The fraction of sp³-hybridized carbons (Fsp3) is 0.467. The first kappa shape index (κ1) is 15.0. The molecule has 1 heterocycles. The average molecular weight is 339 g/mol. The molecule has 2 N–H and O–H groups in total. The van der Waals surface area contributed by atoms with E-state index in [0.29, 0.717) is 31.0 Å². The largest absolute Gasteiger partial charge is 0.370 e. The molecule has 0 radical (unpaired) electrons. The zero-order valence-electron chi connectivity index (χ0n) is 11.6. The van der Waals surface area contributed by atoms with E-state index in [0.717, 1.165) is 22.9 Å². The quantitative estimate of drug-likeness (QED) is 0.920. The zero-order valence-corrected chi connectivity index (χ0v) is 13.1. The molecule has 1 aromatic carbocycles. The van der Waals surface area contributed by atoms with E-state index in [1.165, 1.54) is 0 Å². The van der Waals surface area contributed by atoms with Gasteiger partial charge >= 0.3 is 0 Å². The number of rotatable bonds is 3. The highest BCUT2D eigenvalue weighted by Crippen LogP contribution is 2.26. The molecule has 1 fully saturated rings. The van der Waals surface area contributed by atoms with Crippen molar-refractivity contribution in [2.24, 2.45) is 11.7 Å². The van der Waals surface area contributed by atoms with Gasteiger partial charge in [-0.25, -0.2) is 0 Å². The number of nitrogens with zero attached hydrogens (tertiary/aromatic N) is 1. The summed E-state index contributed by atoms with van der Waals surface area (Å²) in [6, 6.07) is 5.71. The van der Waals surface area contributed by atoms with Crippen molar-refractivity contribution in [1.82, 2.24) is 4.90 Å². The van der Waals surface area contributed by atoms with E-state index in [2.05, 4.69) is 15.9 Å². The Morgan fingerprint density at radius 2 is 2.00 bits per heavy atom. The summed E-state index contributed by atoms with van der Waals surface area (Å²) in [4.78, 5) is 25.3. The molecule has 0 aromatic heterocycles. The molecule has 2 rings (SSSR count). The standard InChI is InChI=1S/C15H19BrN2O2/c1-10-3-2-4-12(14(10)16)15(20)18-7-5-11(6-8-18)9-13(17)19/h2-4,11H,5-9H2,1H3,(H2,17,19). The predicted molar refractivity (Wildman–Crippen MR) is 81.3 cm³/mol. The van der Waals surface area contributed by atoms with Crippen LogP contribution in [-0.4, -0.2) is 29.8 Å². The summed E-state index contributed by atoms with van der Waals surface area (Å²) in [5.41, 5.74) is 6.98. The Balaban J connectivity index is 2.02. The van der Waals surface area contributed by atoms with Crippen molar-refractivity contribution in [3.05, 3.63) is 33.8 Å². The Morgan fingerprint density at radius 3 is 2.60 bits per heavy atom. The van der Waals surface area contributed by atoms with Gasteiger partial charge in [0.05, 0.1) is 5.56 Å². The fourth-order valence-corrected chi connectivity index (χ4v) is 3.04. The van der Waals surface area contributed by atoms with Gasteiger partial charge in [0, 0.05) is 24.0 Å². The lowest BCUT2D eigenvalue weighted by Gasteiger charge is -2.31. The molecule has 1 saturated heterocycles. The van der Waals surface area contributed by atoms with E-state index in [1.54, 1.807) is 0 Å². The third-order valence-electron chi connectivity index (χ3n) is 3.81. The van der Waals surface area contributed by atoms with Crippen LogP contribution in [0.2, 0.25) is 0 Å². The van der Waals surface area contributed by atoms with Crippen LogP contribution in [0.25, 0.3) is 0 Å². The highest BCUT2D eigenvalue weighted by atomic mass is 79.9. The summed E-state index contributed by atoms with van der Waals surface area (Å²) >= 11 is 3.48. The number of hydrogen-bond donors (Lipinski definition) is 1. The highest BCUT2D eigenvalue weighted by molar-refractivity contribution is 9.10. The number of nitrogens with two attached hydrogens (primary N) is 1. The van der Waals surface area contributed by atoms with Crippen molar-refractivity contribution >= 4 is 27.7 Å². The number of primary amides is 1. The minimum absolute atomic E-state index is 0.0538. The summed E-state index contributed by atoms with van der Waals surface area (Å²) in [7, 11) is 0. The van der Waals surface area contributed by atoms with E-state index in [1.807, 2.05) is 30.0 Å². The maximum absolute atomic E-state index is 12.5. The van der Waals surface area contributed by atoms with E-state index in [9.17, 15) is 9.59 Å². The maximum Gasteiger partial charge on any atom is 0.255 e. The summed E-state index contributed by atoms with van der Waals surface area (Å²) in [6.45, 7) is 3.36. The summed E-state index contributed by atoms with van der Waals surface area (Å²) in [5, 5.41) is 0. The van der Waals surface area contributed by atoms with Crippen LogP contribution >= 0.6 is 15.9 Å². The number of amides is 2. The second-order valence-electron chi connectivity index (χ2n) is 5.34. The average Bonchev–Trinajstić information content (AvgIpc) is 2.41. The molecule has 0 aliphatic carbocycles. The minimum atomic E-state index is -0.254. The third kappa shape index (κ3) is 3.39. The second-order valence-corrected chi connectivity index (χ2v) is 6.14. The van der Waals surface area contributed by atoms with Crippen molar-refractivity contribution in [3.8, 4) is 0 Å². The van der Waals surface area contributed by atoms with Gasteiger partial charge in [-0.15, -0.1) is 0 Å². The molecular weight excluding hydrogens is 320 g/mol. The van der Waals surface area contributed by atoms with Gasteiger partial charge in [-0.3, -0.25) is 9.59 Å². The van der Waals surface area contributed by atoms with Crippen molar-refractivity contribution in [2.75, 3.05) is 13.1 Å². The maximum atomic E-state index is 12.5. The zero-order chi connectivity index (χ0) is 14.7. The van der Waals surface area contributed by atoms with Crippen LogP contribution in [0.4, 0.5) is 0 Å². The van der Waals surface area contributed by atoms with Gasteiger partial charge in [0.25, 0.3) is 5.91 Å². The molecule has 0 unspecified atom stereocenters. The number of piperidine rings is 1. The second kappa shape index (κ2) is 6.39. The molecule has 1 aliphatic heterocycles.